The number of nitrogens with zero attached hydrogens (tertiary/aromatic N) is 2. The van der Waals surface area contributed by atoms with Crippen molar-refractivity contribution in [2.75, 3.05) is 12.4 Å². The topological polar surface area (TPSA) is 78.2 Å². The number of hydrogen-bond donors (Lipinski definition) is 2. The van der Waals surface area contributed by atoms with Crippen LogP contribution in [0, 0.1) is 17.1 Å². The lowest BCUT2D eigenvalue weighted by Crippen LogP contribution is -1.99. The van der Waals surface area contributed by atoms with E-state index >= 15 is 0 Å². The molecule has 0 saturated heterocycles. The molecule has 24 heavy (non-hydrogen) atoms. The molecule has 0 aliphatic rings. The second-order valence-corrected chi connectivity index (χ2v) is 5.39. The first-order valence-corrected chi connectivity index (χ1v) is 7.23. The molecule has 0 spiro atoms. The summed E-state index contributed by atoms with van der Waals surface area (Å²) >= 11 is 5.75. The Bertz CT molecular complexity index is 986. The van der Waals surface area contributed by atoms with Gasteiger partial charge in [0.2, 0.25) is 0 Å². The Morgan fingerprint density at radius 2 is 2.12 bits per heavy atom. The minimum atomic E-state index is -0.561. The van der Waals surface area contributed by atoms with E-state index in [9.17, 15) is 14.8 Å². The van der Waals surface area contributed by atoms with Crippen LogP contribution in [0.4, 0.5) is 15.8 Å². The van der Waals surface area contributed by atoms with Gasteiger partial charge < -0.3 is 15.2 Å². The molecule has 0 aliphatic carbocycles. The number of rotatable bonds is 3. The lowest BCUT2D eigenvalue weighted by molar-refractivity contribution is 0.374. The number of ether oxygens (including phenoxy) is 1. The fourth-order valence-electron chi connectivity index (χ4n) is 2.32. The number of nitrogens with one attached hydrogen (secondary N) is 1. The summed E-state index contributed by atoms with van der Waals surface area (Å²) in [6.07, 6.45) is 1.37. The van der Waals surface area contributed by atoms with Crippen LogP contribution in [0.15, 0.2) is 36.5 Å². The lowest BCUT2D eigenvalue weighted by atomic mass is 10.1. The molecule has 0 amide bonds. The van der Waals surface area contributed by atoms with Crippen molar-refractivity contribution in [3.63, 3.8) is 0 Å². The lowest BCUT2D eigenvalue weighted by Gasteiger charge is -2.13. The van der Waals surface area contributed by atoms with Gasteiger partial charge in [-0.05, 0) is 24.3 Å². The van der Waals surface area contributed by atoms with Crippen LogP contribution in [0.5, 0.6) is 11.5 Å². The van der Waals surface area contributed by atoms with Crippen LogP contribution in [-0.4, -0.2) is 17.2 Å². The molecule has 2 aromatic carbocycles. The molecule has 120 valence electrons. The Morgan fingerprint density at radius 3 is 2.79 bits per heavy atom. The fraction of sp³-hybridized carbons (Fsp3) is 0.0588. The van der Waals surface area contributed by atoms with Crippen LogP contribution < -0.4 is 10.1 Å². The number of methoxy groups -OCH3 is 1. The number of anilines is 2. The van der Waals surface area contributed by atoms with Crippen LogP contribution in [0.3, 0.4) is 0 Å². The number of halogens is 2. The zero-order valence-electron chi connectivity index (χ0n) is 12.5. The Labute approximate surface area is 141 Å². The molecule has 3 aromatic rings. The first-order valence-electron chi connectivity index (χ1n) is 6.85. The summed E-state index contributed by atoms with van der Waals surface area (Å²) in [4.78, 5) is 4.17. The van der Waals surface area contributed by atoms with E-state index in [4.69, 9.17) is 16.3 Å². The Balaban J connectivity index is 2.21. The van der Waals surface area contributed by atoms with Crippen LogP contribution in [0.2, 0.25) is 5.02 Å². The number of hydrogen-bond acceptors (Lipinski definition) is 5. The maximum atomic E-state index is 14.1. The van der Waals surface area contributed by atoms with Crippen LogP contribution >= 0.6 is 11.6 Å². The quantitative estimate of drug-likeness (QED) is 0.739. The zero-order valence-corrected chi connectivity index (χ0v) is 13.2. The molecule has 0 atom stereocenters. The molecular weight excluding hydrogens is 333 g/mol. The SMILES string of the molecule is COc1cc2ncc(C#N)c(Nc3ccc(Cl)cc3F)c2cc1O. The summed E-state index contributed by atoms with van der Waals surface area (Å²) in [6, 6.07) is 9.12. The number of nitriles is 1. The third-order valence-electron chi connectivity index (χ3n) is 3.48. The number of pyridine rings is 1. The number of phenolic OH excluding ortho intramolecular Hbond substituents is 1. The molecule has 7 heteroatoms. The molecule has 1 aromatic heterocycles. The van der Waals surface area contributed by atoms with Gasteiger partial charge in [0.05, 0.1) is 29.6 Å². The van der Waals surface area contributed by atoms with Gasteiger partial charge in [-0.1, -0.05) is 11.6 Å². The van der Waals surface area contributed by atoms with E-state index < -0.39 is 5.82 Å². The van der Waals surface area contributed by atoms with Crippen molar-refractivity contribution >= 4 is 33.9 Å². The molecule has 0 unspecified atom stereocenters. The number of aromatic nitrogens is 1. The average Bonchev–Trinajstić information content (AvgIpc) is 2.57. The number of benzene rings is 2. The van der Waals surface area contributed by atoms with Crippen molar-refractivity contribution in [2.45, 2.75) is 0 Å². The van der Waals surface area contributed by atoms with E-state index in [1.165, 1.54) is 43.6 Å². The molecule has 3 rings (SSSR count). The van der Waals surface area contributed by atoms with Crippen molar-refractivity contribution in [2.24, 2.45) is 0 Å². The predicted molar refractivity (Wildman–Crippen MR) is 89.4 cm³/mol. The molecule has 1 heterocycles. The van der Waals surface area contributed by atoms with Crippen molar-refractivity contribution in [3.8, 4) is 17.6 Å². The smallest absolute Gasteiger partial charge is 0.162 e. The standard InChI is InChI=1S/C17H11ClFN3O2/c1-24-16-6-14-11(5-15(16)23)17(9(7-20)8-21-14)22-13-3-2-10(18)4-12(13)19/h2-6,8,23H,1H3,(H,21,22). The maximum Gasteiger partial charge on any atom is 0.162 e. The molecule has 0 bridgehead atoms. The Morgan fingerprint density at radius 1 is 1.33 bits per heavy atom. The Hall–Kier alpha value is -3.04. The van der Waals surface area contributed by atoms with Crippen molar-refractivity contribution in [3.05, 3.63) is 52.9 Å². The minimum absolute atomic E-state index is 0.110. The first-order chi connectivity index (χ1) is 11.5. The second-order valence-electron chi connectivity index (χ2n) is 4.95. The minimum Gasteiger partial charge on any atom is -0.504 e. The molecule has 5 nitrogen and oxygen atoms in total. The highest BCUT2D eigenvalue weighted by Gasteiger charge is 2.14. The normalized spacial score (nSPS) is 10.4. The molecule has 0 fully saturated rings. The molecular formula is C17H11ClFN3O2. The van der Waals surface area contributed by atoms with Gasteiger partial charge in [0.15, 0.2) is 11.5 Å². The van der Waals surface area contributed by atoms with Crippen LogP contribution in [0.25, 0.3) is 10.9 Å². The number of phenols is 1. The zero-order chi connectivity index (χ0) is 17.3. The van der Waals surface area contributed by atoms with E-state index in [1.807, 2.05) is 6.07 Å². The van der Waals surface area contributed by atoms with Gasteiger partial charge in [0.1, 0.15) is 11.9 Å². The van der Waals surface area contributed by atoms with E-state index in [0.29, 0.717) is 16.6 Å². The Kier molecular flexibility index (Phi) is 4.11. The van der Waals surface area contributed by atoms with Gasteiger partial charge in [-0.3, -0.25) is 4.98 Å². The third kappa shape index (κ3) is 2.77. The van der Waals surface area contributed by atoms with E-state index in [1.54, 1.807) is 0 Å². The van der Waals surface area contributed by atoms with E-state index in [2.05, 4.69) is 10.3 Å². The van der Waals surface area contributed by atoms with Gasteiger partial charge in [-0.25, -0.2) is 4.39 Å². The summed E-state index contributed by atoms with van der Waals surface area (Å²) in [6.45, 7) is 0. The monoisotopic (exact) mass is 343 g/mol. The number of fused-ring (bicyclic) bond motifs is 1. The summed E-state index contributed by atoms with van der Waals surface area (Å²) in [5, 5.41) is 22.9. The predicted octanol–water partition coefficient (Wildman–Crippen LogP) is 4.36. The second kappa shape index (κ2) is 6.22. The van der Waals surface area contributed by atoms with E-state index in [-0.39, 0.29) is 27.8 Å². The van der Waals surface area contributed by atoms with Gasteiger partial charge in [-0.2, -0.15) is 5.26 Å². The van der Waals surface area contributed by atoms with E-state index in [0.717, 1.165) is 0 Å². The summed E-state index contributed by atoms with van der Waals surface area (Å²) in [5.41, 5.74) is 1.18. The summed E-state index contributed by atoms with van der Waals surface area (Å²) in [7, 11) is 1.42. The summed E-state index contributed by atoms with van der Waals surface area (Å²) in [5.74, 6) is -0.418. The first kappa shape index (κ1) is 15.8. The van der Waals surface area contributed by atoms with Crippen LogP contribution in [0.1, 0.15) is 5.56 Å². The highest BCUT2D eigenvalue weighted by atomic mass is 35.5. The molecule has 2 N–H and O–H groups in total. The van der Waals surface area contributed by atoms with Gasteiger partial charge in [0, 0.05) is 22.7 Å². The fourth-order valence-corrected chi connectivity index (χ4v) is 2.48. The molecule has 0 aliphatic heterocycles. The van der Waals surface area contributed by atoms with Crippen molar-refractivity contribution in [1.82, 2.24) is 4.98 Å². The largest absolute Gasteiger partial charge is 0.504 e. The highest BCUT2D eigenvalue weighted by molar-refractivity contribution is 6.30. The van der Waals surface area contributed by atoms with Gasteiger partial charge >= 0.3 is 0 Å². The molecule has 0 saturated carbocycles. The highest BCUT2D eigenvalue weighted by Crippen LogP contribution is 2.36. The number of aromatic hydroxyl groups is 1. The van der Waals surface area contributed by atoms with Crippen molar-refractivity contribution in [1.29, 1.82) is 5.26 Å². The third-order valence-corrected chi connectivity index (χ3v) is 3.71. The summed E-state index contributed by atoms with van der Waals surface area (Å²) < 4.78 is 19.1. The average molecular weight is 344 g/mol. The molecule has 0 radical (unpaired) electrons. The van der Waals surface area contributed by atoms with Crippen LogP contribution in [-0.2, 0) is 0 Å². The van der Waals surface area contributed by atoms with Gasteiger partial charge in [-0.15, -0.1) is 0 Å². The van der Waals surface area contributed by atoms with Gasteiger partial charge in [0.25, 0.3) is 0 Å². The maximum absolute atomic E-state index is 14.1. The van der Waals surface area contributed by atoms with Crippen molar-refractivity contribution < 1.29 is 14.2 Å².